The summed E-state index contributed by atoms with van der Waals surface area (Å²) < 4.78 is 5.27. The molecule has 5 heteroatoms. The Hall–Kier alpha value is -1.10. The molecule has 1 N–H and O–H groups in total. The van der Waals surface area contributed by atoms with Crippen molar-refractivity contribution in [2.24, 2.45) is 11.8 Å². The van der Waals surface area contributed by atoms with Gasteiger partial charge in [0.1, 0.15) is 6.04 Å². The second-order valence-corrected chi connectivity index (χ2v) is 6.01. The fourth-order valence-corrected chi connectivity index (χ4v) is 3.94. The maximum Gasteiger partial charge on any atom is 0.326 e. The van der Waals surface area contributed by atoms with Gasteiger partial charge >= 0.3 is 5.97 Å². The summed E-state index contributed by atoms with van der Waals surface area (Å²) in [6.45, 7) is 1.08. The first-order chi connectivity index (χ1) is 9.18. The molecule has 3 fully saturated rings. The first kappa shape index (κ1) is 12.9. The lowest BCUT2D eigenvalue weighted by molar-refractivity contribution is -0.151. The smallest absolute Gasteiger partial charge is 0.326 e. The molecule has 1 saturated carbocycles. The molecule has 106 valence electrons. The molecule has 0 aromatic carbocycles. The Morgan fingerprint density at radius 1 is 1.16 bits per heavy atom. The minimum atomic E-state index is -0.846. The van der Waals surface area contributed by atoms with Crippen LogP contribution in [0.25, 0.3) is 0 Å². The van der Waals surface area contributed by atoms with Crippen LogP contribution in [0.15, 0.2) is 0 Å². The van der Waals surface area contributed by atoms with Gasteiger partial charge in [0.05, 0.1) is 12.5 Å². The second-order valence-electron chi connectivity index (χ2n) is 6.01. The molecule has 0 aromatic rings. The molecule has 2 aliphatic heterocycles. The van der Waals surface area contributed by atoms with Crippen molar-refractivity contribution >= 4 is 11.9 Å². The number of hydrogen-bond acceptors (Lipinski definition) is 3. The van der Waals surface area contributed by atoms with E-state index < -0.39 is 12.0 Å². The van der Waals surface area contributed by atoms with E-state index in [0.29, 0.717) is 25.6 Å². The molecular weight excluding hydrogens is 246 g/mol. The number of carboxylic acid groups (broad SMARTS) is 1. The summed E-state index contributed by atoms with van der Waals surface area (Å²) in [7, 11) is 0. The largest absolute Gasteiger partial charge is 0.480 e. The zero-order valence-electron chi connectivity index (χ0n) is 11.1. The molecule has 2 heterocycles. The van der Waals surface area contributed by atoms with Crippen LogP contribution in [0, 0.1) is 11.8 Å². The average molecular weight is 267 g/mol. The second kappa shape index (κ2) is 5.12. The number of amides is 1. The van der Waals surface area contributed by atoms with E-state index in [4.69, 9.17) is 4.74 Å². The minimum Gasteiger partial charge on any atom is -0.480 e. The van der Waals surface area contributed by atoms with Crippen LogP contribution in [0.3, 0.4) is 0 Å². The number of likely N-dealkylation sites (tertiary alicyclic amines) is 1. The number of hydrogen-bond donors (Lipinski definition) is 1. The lowest BCUT2D eigenvalue weighted by Gasteiger charge is -2.34. The van der Waals surface area contributed by atoms with Gasteiger partial charge in [-0.1, -0.05) is 12.8 Å². The van der Waals surface area contributed by atoms with Gasteiger partial charge in [-0.25, -0.2) is 4.79 Å². The summed E-state index contributed by atoms with van der Waals surface area (Å²) in [6.07, 6.45) is 5.69. The molecular formula is C14H21NO4. The number of fused-ring (bicyclic) bond motifs is 1. The standard InChI is InChI=1S/C14H21NO4/c16-13(10-5-6-19-8-10)15-11-4-2-1-3-9(11)7-12(15)14(17)18/h9-12H,1-8H2,(H,17,18)/t9-,10-,11-,12-/m0/s1. The van der Waals surface area contributed by atoms with E-state index in [1.165, 1.54) is 6.42 Å². The molecule has 3 aliphatic rings. The third kappa shape index (κ3) is 2.24. The molecule has 0 bridgehead atoms. The average Bonchev–Trinajstić information content (AvgIpc) is 3.05. The third-order valence-electron chi connectivity index (χ3n) is 4.91. The normalized spacial score (nSPS) is 38.2. The molecule has 1 aliphatic carbocycles. The number of nitrogens with zero attached hydrogens (tertiary/aromatic N) is 1. The molecule has 0 aromatic heterocycles. The van der Waals surface area contributed by atoms with E-state index in [9.17, 15) is 14.7 Å². The lowest BCUT2D eigenvalue weighted by Crippen LogP contribution is -2.48. The Morgan fingerprint density at radius 3 is 2.63 bits per heavy atom. The van der Waals surface area contributed by atoms with Gasteiger partial charge in [0.2, 0.25) is 5.91 Å². The van der Waals surface area contributed by atoms with Crippen LogP contribution in [0.2, 0.25) is 0 Å². The highest BCUT2D eigenvalue weighted by Crippen LogP contribution is 2.41. The Labute approximate surface area is 112 Å². The Kier molecular flexibility index (Phi) is 3.48. The first-order valence-electron chi connectivity index (χ1n) is 7.31. The zero-order valence-corrected chi connectivity index (χ0v) is 11.1. The quantitative estimate of drug-likeness (QED) is 0.818. The van der Waals surface area contributed by atoms with Crippen LogP contribution in [-0.2, 0) is 14.3 Å². The van der Waals surface area contributed by atoms with E-state index in [2.05, 4.69) is 0 Å². The maximum absolute atomic E-state index is 12.6. The van der Waals surface area contributed by atoms with Crippen molar-refractivity contribution in [3.63, 3.8) is 0 Å². The first-order valence-corrected chi connectivity index (χ1v) is 7.31. The summed E-state index contributed by atoms with van der Waals surface area (Å²) in [5.41, 5.74) is 0. The van der Waals surface area contributed by atoms with Crippen molar-refractivity contribution in [1.29, 1.82) is 0 Å². The van der Waals surface area contributed by atoms with Crippen molar-refractivity contribution in [2.75, 3.05) is 13.2 Å². The molecule has 4 atom stereocenters. The summed E-state index contributed by atoms with van der Waals surface area (Å²) >= 11 is 0. The molecule has 0 radical (unpaired) electrons. The topological polar surface area (TPSA) is 66.8 Å². The number of carboxylic acids is 1. The summed E-state index contributed by atoms with van der Waals surface area (Å²) in [4.78, 5) is 25.7. The van der Waals surface area contributed by atoms with Crippen LogP contribution in [-0.4, -0.2) is 47.2 Å². The van der Waals surface area contributed by atoms with Crippen molar-refractivity contribution in [1.82, 2.24) is 4.90 Å². The van der Waals surface area contributed by atoms with Crippen molar-refractivity contribution in [3.05, 3.63) is 0 Å². The molecule has 0 spiro atoms. The molecule has 3 rings (SSSR count). The highest BCUT2D eigenvalue weighted by atomic mass is 16.5. The summed E-state index contributed by atoms with van der Waals surface area (Å²) in [5, 5.41) is 9.40. The van der Waals surface area contributed by atoms with Crippen molar-refractivity contribution < 1.29 is 19.4 Å². The van der Waals surface area contributed by atoms with Gasteiger partial charge < -0.3 is 14.7 Å². The highest BCUT2D eigenvalue weighted by molar-refractivity contribution is 5.86. The molecule has 1 amide bonds. The SMILES string of the molecule is O=C(O)[C@@H]1C[C@@H]2CCCC[C@@H]2N1C(=O)[C@H]1CCOC1. The number of carbonyl (C=O) groups is 2. The van der Waals surface area contributed by atoms with E-state index in [1.807, 2.05) is 0 Å². The highest BCUT2D eigenvalue weighted by Gasteiger charge is 2.49. The minimum absolute atomic E-state index is 0.0132. The maximum atomic E-state index is 12.6. The van der Waals surface area contributed by atoms with Crippen LogP contribution < -0.4 is 0 Å². The Balaban J connectivity index is 1.81. The molecule has 0 unspecified atom stereocenters. The van der Waals surface area contributed by atoms with Crippen molar-refractivity contribution in [2.45, 2.75) is 50.6 Å². The number of carbonyl (C=O) groups excluding carboxylic acids is 1. The van der Waals surface area contributed by atoms with E-state index in [1.54, 1.807) is 4.90 Å². The van der Waals surface area contributed by atoms with Crippen LogP contribution in [0.1, 0.15) is 38.5 Å². The van der Waals surface area contributed by atoms with E-state index in [0.717, 1.165) is 25.7 Å². The predicted molar refractivity (Wildman–Crippen MR) is 67.6 cm³/mol. The van der Waals surface area contributed by atoms with Crippen LogP contribution >= 0.6 is 0 Å². The third-order valence-corrected chi connectivity index (χ3v) is 4.91. The van der Waals surface area contributed by atoms with Crippen LogP contribution in [0.5, 0.6) is 0 Å². The van der Waals surface area contributed by atoms with Gasteiger partial charge in [0, 0.05) is 12.6 Å². The fraction of sp³-hybridized carbons (Fsp3) is 0.857. The van der Waals surface area contributed by atoms with Crippen LogP contribution in [0.4, 0.5) is 0 Å². The van der Waals surface area contributed by atoms with Gasteiger partial charge in [-0.05, 0) is 31.6 Å². The molecule has 5 nitrogen and oxygen atoms in total. The van der Waals surface area contributed by atoms with Gasteiger partial charge in [0.15, 0.2) is 0 Å². The Bertz CT molecular complexity index is 378. The monoisotopic (exact) mass is 267 g/mol. The number of aliphatic carboxylic acids is 1. The van der Waals surface area contributed by atoms with Gasteiger partial charge in [-0.2, -0.15) is 0 Å². The van der Waals surface area contributed by atoms with Crippen molar-refractivity contribution in [3.8, 4) is 0 Å². The number of rotatable bonds is 2. The summed E-state index contributed by atoms with van der Waals surface area (Å²) in [6, 6.07) is -0.454. The van der Waals surface area contributed by atoms with E-state index >= 15 is 0 Å². The number of ether oxygens (including phenoxy) is 1. The van der Waals surface area contributed by atoms with Gasteiger partial charge in [-0.3, -0.25) is 4.79 Å². The molecule has 19 heavy (non-hydrogen) atoms. The fourth-order valence-electron chi connectivity index (χ4n) is 3.94. The zero-order chi connectivity index (χ0) is 13.4. The van der Waals surface area contributed by atoms with Gasteiger partial charge in [-0.15, -0.1) is 0 Å². The Morgan fingerprint density at radius 2 is 1.95 bits per heavy atom. The molecule has 2 saturated heterocycles. The predicted octanol–water partition coefficient (Wildman–Crippen LogP) is 1.27. The van der Waals surface area contributed by atoms with Gasteiger partial charge in [0.25, 0.3) is 0 Å². The summed E-state index contributed by atoms with van der Waals surface area (Å²) in [5.74, 6) is -0.565. The lowest BCUT2D eigenvalue weighted by atomic mass is 9.84. The van der Waals surface area contributed by atoms with E-state index in [-0.39, 0.29) is 17.9 Å².